The summed E-state index contributed by atoms with van der Waals surface area (Å²) in [7, 11) is 0. The van der Waals surface area contributed by atoms with Crippen molar-refractivity contribution in [3.8, 4) is 0 Å². The van der Waals surface area contributed by atoms with Gasteiger partial charge in [-0.1, -0.05) is 25.1 Å². The Bertz CT molecular complexity index is 855. The lowest BCUT2D eigenvalue weighted by Crippen LogP contribution is -2.32. The number of piperidine rings is 1. The van der Waals surface area contributed by atoms with Crippen LogP contribution < -0.4 is 15.5 Å². The Kier molecular flexibility index (Phi) is 5.19. The lowest BCUT2D eigenvalue weighted by molar-refractivity contribution is 0.438. The highest BCUT2D eigenvalue weighted by atomic mass is 15.1. The highest BCUT2D eigenvalue weighted by molar-refractivity contribution is 5.61. The number of nitrogens with one attached hydrogen (secondary N) is 2. The SMILES string of the molecule is CC1CCN(c2ccc(Nc3nccc(Nc4ccccc4)n3)cc2)CC1. The van der Waals surface area contributed by atoms with Gasteiger partial charge in [0.05, 0.1) is 0 Å². The van der Waals surface area contributed by atoms with Gasteiger partial charge < -0.3 is 15.5 Å². The molecule has 0 saturated carbocycles. The molecule has 1 aliphatic heterocycles. The molecule has 1 aliphatic rings. The summed E-state index contributed by atoms with van der Waals surface area (Å²) >= 11 is 0. The largest absolute Gasteiger partial charge is 0.372 e. The molecule has 138 valence electrons. The molecule has 0 spiro atoms. The van der Waals surface area contributed by atoms with Gasteiger partial charge in [-0.15, -0.1) is 0 Å². The number of aromatic nitrogens is 2. The highest BCUT2D eigenvalue weighted by Gasteiger charge is 2.15. The third kappa shape index (κ3) is 4.56. The van der Waals surface area contributed by atoms with Crippen LogP contribution in [-0.4, -0.2) is 23.1 Å². The summed E-state index contributed by atoms with van der Waals surface area (Å²) in [6.45, 7) is 4.62. The highest BCUT2D eigenvalue weighted by Crippen LogP contribution is 2.25. The van der Waals surface area contributed by atoms with E-state index in [1.165, 1.54) is 18.5 Å². The van der Waals surface area contributed by atoms with Crippen LogP contribution in [-0.2, 0) is 0 Å². The second-order valence-electron chi connectivity index (χ2n) is 7.10. The maximum Gasteiger partial charge on any atom is 0.229 e. The van der Waals surface area contributed by atoms with E-state index in [4.69, 9.17) is 0 Å². The number of nitrogens with zero attached hydrogens (tertiary/aromatic N) is 3. The van der Waals surface area contributed by atoms with Crippen LogP contribution in [0.1, 0.15) is 19.8 Å². The number of benzene rings is 2. The summed E-state index contributed by atoms with van der Waals surface area (Å²) in [5, 5.41) is 6.57. The van der Waals surface area contributed by atoms with Crippen molar-refractivity contribution in [3.05, 3.63) is 66.9 Å². The van der Waals surface area contributed by atoms with E-state index in [1.807, 2.05) is 36.4 Å². The number of para-hydroxylation sites is 1. The van der Waals surface area contributed by atoms with Gasteiger partial charge in [0.1, 0.15) is 5.82 Å². The second-order valence-corrected chi connectivity index (χ2v) is 7.10. The molecule has 0 bridgehead atoms. The van der Waals surface area contributed by atoms with Crippen LogP contribution in [0.4, 0.5) is 28.8 Å². The Morgan fingerprint density at radius 1 is 0.852 bits per heavy atom. The Hall–Kier alpha value is -3.08. The van der Waals surface area contributed by atoms with E-state index in [0.29, 0.717) is 5.95 Å². The summed E-state index contributed by atoms with van der Waals surface area (Å²) < 4.78 is 0. The van der Waals surface area contributed by atoms with Crippen molar-refractivity contribution in [2.75, 3.05) is 28.6 Å². The molecule has 1 aromatic heterocycles. The van der Waals surface area contributed by atoms with Gasteiger partial charge in [-0.3, -0.25) is 0 Å². The van der Waals surface area contributed by atoms with Gasteiger partial charge in [0.2, 0.25) is 5.95 Å². The maximum atomic E-state index is 4.54. The van der Waals surface area contributed by atoms with Crippen molar-refractivity contribution in [1.29, 1.82) is 0 Å². The Balaban J connectivity index is 1.41. The van der Waals surface area contributed by atoms with E-state index in [0.717, 1.165) is 36.2 Å². The van der Waals surface area contributed by atoms with Crippen molar-refractivity contribution in [3.63, 3.8) is 0 Å². The van der Waals surface area contributed by atoms with E-state index in [9.17, 15) is 0 Å². The molecule has 2 heterocycles. The fourth-order valence-corrected chi connectivity index (χ4v) is 3.31. The molecular weight excluding hydrogens is 334 g/mol. The number of hydrogen-bond donors (Lipinski definition) is 2. The van der Waals surface area contributed by atoms with Crippen LogP contribution in [0.3, 0.4) is 0 Å². The van der Waals surface area contributed by atoms with Crippen molar-refractivity contribution < 1.29 is 0 Å². The van der Waals surface area contributed by atoms with Gasteiger partial charge in [0, 0.05) is 36.3 Å². The summed E-state index contributed by atoms with van der Waals surface area (Å²) in [6.07, 6.45) is 4.30. The van der Waals surface area contributed by atoms with Crippen molar-refractivity contribution in [1.82, 2.24) is 9.97 Å². The summed E-state index contributed by atoms with van der Waals surface area (Å²) in [6, 6.07) is 20.4. The molecular formula is C22H25N5. The van der Waals surface area contributed by atoms with Crippen LogP contribution >= 0.6 is 0 Å². The van der Waals surface area contributed by atoms with E-state index in [1.54, 1.807) is 6.20 Å². The Morgan fingerprint density at radius 2 is 1.56 bits per heavy atom. The normalized spacial score (nSPS) is 14.8. The van der Waals surface area contributed by atoms with Crippen molar-refractivity contribution in [2.24, 2.45) is 5.92 Å². The van der Waals surface area contributed by atoms with Crippen LogP contribution in [0.25, 0.3) is 0 Å². The average Bonchev–Trinajstić information content (AvgIpc) is 2.70. The molecule has 5 nitrogen and oxygen atoms in total. The third-order valence-corrected chi connectivity index (χ3v) is 4.97. The first-order chi connectivity index (χ1) is 13.3. The van der Waals surface area contributed by atoms with Gasteiger partial charge in [0.25, 0.3) is 0 Å². The van der Waals surface area contributed by atoms with E-state index in [2.05, 4.69) is 56.7 Å². The molecule has 0 amide bonds. The van der Waals surface area contributed by atoms with Crippen LogP contribution in [0.2, 0.25) is 0 Å². The minimum Gasteiger partial charge on any atom is -0.372 e. The molecule has 2 N–H and O–H groups in total. The summed E-state index contributed by atoms with van der Waals surface area (Å²) in [5.41, 5.74) is 3.27. The molecule has 0 radical (unpaired) electrons. The lowest BCUT2D eigenvalue weighted by atomic mass is 9.99. The van der Waals surface area contributed by atoms with Crippen molar-refractivity contribution in [2.45, 2.75) is 19.8 Å². The van der Waals surface area contributed by atoms with Gasteiger partial charge in [-0.05, 0) is 61.2 Å². The maximum absolute atomic E-state index is 4.54. The van der Waals surface area contributed by atoms with E-state index < -0.39 is 0 Å². The van der Waals surface area contributed by atoms with Crippen LogP contribution in [0, 0.1) is 5.92 Å². The molecule has 27 heavy (non-hydrogen) atoms. The molecule has 0 aliphatic carbocycles. The van der Waals surface area contributed by atoms with E-state index in [-0.39, 0.29) is 0 Å². The standard InChI is InChI=1S/C22H25N5/c1-17-12-15-27(16-13-17)20-9-7-19(8-10-20)25-22-23-14-11-21(26-22)24-18-5-3-2-4-6-18/h2-11,14,17H,12-13,15-16H2,1H3,(H2,23,24,25,26). The molecule has 2 aromatic carbocycles. The monoisotopic (exact) mass is 359 g/mol. The van der Waals surface area contributed by atoms with Gasteiger partial charge >= 0.3 is 0 Å². The quantitative estimate of drug-likeness (QED) is 0.656. The zero-order chi connectivity index (χ0) is 18.5. The molecule has 3 aromatic rings. The molecule has 1 saturated heterocycles. The fourth-order valence-electron chi connectivity index (χ4n) is 3.31. The minimum atomic E-state index is 0.579. The predicted octanol–water partition coefficient (Wildman–Crippen LogP) is 5.20. The first-order valence-electron chi connectivity index (χ1n) is 9.53. The predicted molar refractivity (Wildman–Crippen MR) is 112 cm³/mol. The van der Waals surface area contributed by atoms with Gasteiger partial charge in [0.15, 0.2) is 0 Å². The average molecular weight is 359 g/mol. The zero-order valence-corrected chi connectivity index (χ0v) is 15.6. The van der Waals surface area contributed by atoms with Crippen LogP contribution in [0.5, 0.6) is 0 Å². The molecule has 4 rings (SSSR count). The number of rotatable bonds is 5. The summed E-state index contributed by atoms with van der Waals surface area (Å²) in [4.78, 5) is 11.3. The first-order valence-corrected chi connectivity index (χ1v) is 9.53. The molecule has 5 heteroatoms. The van der Waals surface area contributed by atoms with E-state index >= 15 is 0 Å². The minimum absolute atomic E-state index is 0.579. The topological polar surface area (TPSA) is 53.1 Å². The van der Waals surface area contributed by atoms with Gasteiger partial charge in [-0.2, -0.15) is 4.98 Å². The second kappa shape index (κ2) is 8.08. The molecule has 0 atom stereocenters. The smallest absolute Gasteiger partial charge is 0.229 e. The van der Waals surface area contributed by atoms with Crippen molar-refractivity contribution >= 4 is 28.8 Å². The first kappa shape index (κ1) is 17.3. The number of anilines is 5. The fraction of sp³-hybridized carbons (Fsp3) is 0.273. The van der Waals surface area contributed by atoms with Gasteiger partial charge in [-0.25, -0.2) is 4.98 Å². The summed E-state index contributed by atoms with van der Waals surface area (Å²) in [5.74, 6) is 2.18. The zero-order valence-electron chi connectivity index (χ0n) is 15.6. The van der Waals surface area contributed by atoms with Crippen LogP contribution in [0.15, 0.2) is 66.9 Å². The molecule has 0 unspecified atom stereocenters. The Morgan fingerprint density at radius 3 is 2.30 bits per heavy atom. The molecule has 1 fully saturated rings. The lowest BCUT2D eigenvalue weighted by Gasteiger charge is -2.32. The Labute approximate surface area is 160 Å². The number of hydrogen-bond acceptors (Lipinski definition) is 5. The third-order valence-electron chi connectivity index (χ3n) is 4.97.